The monoisotopic (exact) mass is 352 g/mol. The van der Waals surface area contributed by atoms with Gasteiger partial charge < -0.3 is 4.90 Å². The van der Waals surface area contributed by atoms with E-state index >= 15 is 0 Å². The molecule has 2 fully saturated rings. The molecule has 1 N–H and O–H groups in total. The van der Waals surface area contributed by atoms with Crippen molar-refractivity contribution in [3.63, 3.8) is 0 Å². The molecule has 1 aromatic rings. The standard InChI is InChI=1S/C21H28N4O/c1-20-10-8-15-13(14(20)5-6-16(20)17-12-22-24-23-17)4-7-18-21(15,2)11-9-19(26)25(18)3/h6-7,12-15H,4-5,8-11H2,1-3H3,(H,22,23,24)/t13-,14-,15-,20-,21+/m0/s1. The Labute approximate surface area is 154 Å². The van der Waals surface area contributed by atoms with Gasteiger partial charge in [-0.05, 0) is 60.8 Å². The number of carbonyl (C=O) groups is 1. The number of allylic oxidation sites excluding steroid dienone is 4. The first-order valence-corrected chi connectivity index (χ1v) is 9.99. The number of aromatic amines is 1. The van der Waals surface area contributed by atoms with Gasteiger partial charge >= 0.3 is 0 Å². The molecular formula is C21H28N4O. The molecule has 0 bridgehead atoms. The summed E-state index contributed by atoms with van der Waals surface area (Å²) >= 11 is 0. The van der Waals surface area contributed by atoms with Crippen LogP contribution in [0.4, 0.5) is 0 Å². The molecule has 0 radical (unpaired) electrons. The molecule has 4 aliphatic rings. The van der Waals surface area contributed by atoms with Gasteiger partial charge in [-0.1, -0.05) is 26.0 Å². The second-order valence-corrected chi connectivity index (χ2v) is 9.24. The molecule has 1 aromatic heterocycles. The summed E-state index contributed by atoms with van der Waals surface area (Å²) in [7, 11) is 1.97. The van der Waals surface area contributed by atoms with Gasteiger partial charge in [0.25, 0.3) is 0 Å². The number of nitrogens with one attached hydrogen (secondary N) is 1. The van der Waals surface area contributed by atoms with Crippen LogP contribution in [0, 0.1) is 28.6 Å². The van der Waals surface area contributed by atoms with Gasteiger partial charge in [-0.15, -0.1) is 0 Å². The molecule has 3 aliphatic carbocycles. The molecular weight excluding hydrogens is 324 g/mol. The summed E-state index contributed by atoms with van der Waals surface area (Å²) in [5.41, 5.74) is 4.07. The highest BCUT2D eigenvalue weighted by molar-refractivity contribution is 5.79. The van der Waals surface area contributed by atoms with Gasteiger partial charge in [0.15, 0.2) is 0 Å². The van der Waals surface area contributed by atoms with Crippen molar-refractivity contribution in [3.8, 4) is 0 Å². The molecule has 5 heteroatoms. The largest absolute Gasteiger partial charge is 0.319 e. The van der Waals surface area contributed by atoms with Crippen LogP contribution in [0.5, 0.6) is 0 Å². The number of H-pyrrole nitrogens is 1. The lowest BCUT2D eigenvalue weighted by Crippen LogP contribution is -2.53. The van der Waals surface area contributed by atoms with Crippen LogP contribution in [-0.2, 0) is 4.79 Å². The number of fused-ring (bicyclic) bond motifs is 5. The van der Waals surface area contributed by atoms with Gasteiger partial charge in [-0.3, -0.25) is 4.79 Å². The van der Waals surface area contributed by atoms with Crippen molar-refractivity contribution in [1.29, 1.82) is 0 Å². The number of carbonyl (C=O) groups excluding carboxylic acids is 1. The van der Waals surface area contributed by atoms with Gasteiger partial charge in [0.05, 0.1) is 6.20 Å². The van der Waals surface area contributed by atoms with E-state index in [0.29, 0.717) is 24.2 Å². The van der Waals surface area contributed by atoms with E-state index in [1.807, 2.05) is 18.1 Å². The van der Waals surface area contributed by atoms with Crippen LogP contribution in [0.15, 0.2) is 24.0 Å². The smallest absolute Gasteiger partial charge is 0.226 e. The molecule has 138 valence electrons. The number of rotatable bonds is 1. The third-order valence-electron chi connectivity index (χ3n) is 8.29. The van der Waals surface area contributed by atoms with Crippen LogP contribution in [0.2, 0.25) is 0 Å². The van der Waals surface area contributed by atoms with E-state index in [1.165, 1.54) is 24.1 Å². The van der Waals surface area contributed by atoms with Crippen LogP contribution >= 0.6 is 0 Å². The van der Waals surface area contributed by atoms with Crippen LogP contribution in [0.1, 0.15) is 58.1 Å². The molecule has 0 aromatic carbocycles. The normalized spacial score (nSPS) is 41.9. The van der Waals surface area contributed by atoms with Crippen LogP contribution in [0.25, 0.3) is 5.57 Å². The lowest BCUT2D eigenvalue weighted by molar-refractivity contribution is -0.135. The van der Waals surface area contributed by atoms with Gasteiger partial charge in [0.1, 0.15) is 5.69 Å². The molecule has 0 spiro atoms. The lowest BCUT2D eigenvalue weighted by atomic mass is 9.49. The first-order chi connectivity index (χ1) is 12.4. The summed E-state index contributed by atoms with van der Waals surface area (Å²) in [6, 6.07) is 0. The highest BCUT2D eigenvalue weighted by Gasteiger charge is 2.57. The van der Waals surface area contributed by atoms with Crippen molar-refractivity contribution in [2.24, 2.45) is 28.6 Å². The minimum atomic E-state index is 0.156. The quantitative estimate of drug-likeness (QED) is 0.836. The first kappa shape index (κ1) is 16.3. The summed E-state index contributed by atoms with van der Waals surface area (Å²) in [5.74, 6) is 2.33. The molecule has 26 heavy (non-hydrogen) atoms. The van der Waals surface area contributed by atoms with E-state index in [1.54, 1.807) is 0 Å². The summed E-state index contributed by atoms with van der Waals surface area (Å²) in [6.07, 6.45) is 13.1. The second-order valence-electron chi connectivity index (χ2n) is 9.24. The molecule has 1 amide bonds. The molecule has 1 saturated heterocycles. The number of nitrogens with zero attached hydrogens (tertiary/aromatic N) is 3. The number of hydrogen-bond donors (Lipinski definition) is 1. The number of likely N-dealkylation sites (tertiary alicyclic amines) is 1. The van der Waals surface area contributed by atoms with E-state index in [0.717, 1.165) is 25.0 Å². The zero-order valence-electron chi connectivity index (χ0n) is 16.0. The Kier molecular flexibility index (Phi) is 3.32. The van der Waals surface area contributed by atoms with Crippen LogP contribution in [0.3, 0.4) is 0 Å². The number of hydrogen-bond acceptors (Lipinski definition) is 3. The molecule has 0 unspecified atom stereocenters. The Hall–Kier alpha value is -1.91. The third-order valence-corrected chi connectivity index (χ3v) is 8.29. The van der Waals surface area contributed by atoms with E-state index in [9.17, 15) is 4.79 Å². The topological polar surface area (TPSA) is 61.9 Å². The van der Waals surface area contributed by atoms with Crippen molar-refractivity contribution >= 4 is 11.5 Å². The van der Waals surface area contributed by atoms with Crippen LogP contribution < -0.4 is 0 Å². The van der Waals surface area contributed by atoms with E-state index < -0.39 is 0 Å². The molecule has 5 rings (SSSR count). The van der Waals surface area contributed by atoms with Gasteiger partial charge in [0, 0.05) is 24.6 Å². The molecule has 1 aliphatic heterocycles. The Morgan fingerprint density at radius 2 is 2.00 bits per heavy atom. The molecule has 5 nitrogen and oxygen atoms in total. The fraction of sp³-hybridized carbons (Fsp3) is 0.667. The maximum absolute atomic E-state index is 12.2. The summed E-state index contributed by atoms with van der Waals surface area (Å²) in [4.78, 5) is 14.2. The predicted octanol–water partition coefficient (Wildman–Crippen LogP) is 3.79. The maximum atomic E-state index is 12.2. The summed E-state index contributed by atoms with van der Waals surface area (Å²) in [6.45, 7) is 4.86. The third kappa shape index (κ3) is 1.94. The first-order valence-electron chi connectivity index (χ1n) is 9.99. The van der Waals surface area contributed by atoms with Crippen molar-refractivity contribution in [2.75, 3.05) is 7.05 Å². The maximum Gasteiger partial charge on any atom is 0.226 e. The van der Waals surface area contributed by atoms with Gasteiger partial charge in [-0.25, -0.2) is 0 Å². The minimum Gasteiger partial charge on any atom is -0.319 e. The summed E-state index contributed by atoms with van der Waals surface area (Å²) in [5, 5.41) is 11.2. The van der Waals surface area contributed by atoms with Gasteiger partial charge in [0.2, 0.25) is 5.91 Å². The lowest BCUT2D eigenvalue weighted by Gasteiger charge is -2.58. The van der Waals surface area contributed by atoms with Gasteiger partial charge in [-0.2, -0.15) is 15.4 Å². The average Bonchev–Trinajstić information content (AvgIpc) is 3.25. The fourth-order valence-corrected chi connectivity index (χ4v) is 6.88. The van der Waals surface area contributed by atoms with Crippen molar-refractivity contribution in [2.45, 2.75) is 52.4 Å². The highest BCUT2D eigenvalue weighted by atomic mass is 16.2. The van der Waals surface area contributed by atoms with Crippen molar-refractivity contribution < 1.29 is 4.79 Å². The Balaban J connectivity index is 1.50. The Morgan fingerprint density at radius 3 is 2.77 bits per heavy atom. The second kappa shape index (κ2) is 5.30. The van der Waals surface area contributed by atoms with E-state index in [-0.39, 0.29) is 16.7 Å². The Bertz CT molecular complexity index is 810. The molecule has 1 saturated carbocycles. The summed E-state index contributed by atoms with van der Waals surface area (Å²) < 4.78 is 0. The zero-order valence-corrected chi connectivity index (χ0v) is 16.0. The fourth-order valence-electron chi connectivity index (χ4n) is 6.88. The van der Waals surface area contributed by atoms with E-state index in [2.05, 4.69) is 41.4 Å². The van der Waals surface area contributed by atoms with Crippen molar-refractivity contribution in [1.82, 2.24) is 20.3 Å². The number of aromatic nitrogens is 3. The Morgan fingerprint density at radius 1 is 1.15 bits per heavy atom. The highest BCUT2D eigenvalue weighted by Crippen LogP contribution is 2.65. The number of piperidine rings is 1. The number of amides is 1. The van der Waals surface area contributed by atoms with E-state index in [4.69, 9.17) is 0 Å². The average molecular weight is 352 g/mol. The van der Waals surface area contributed by atoms with Crippen molar-refractivity contribution in [3.05, 3.63) is 29.7 Å². The minimum absolute atomic E-state index is 0.156. The molecule has 2 heterocycles. The zero-order chi connectivity index (χ0) is 18.1. The predicted molar refractivity (Wildman–Crippen MR) is 99.6 cm³/mol. The molecule has 5 atom stereocenters. The SMILES string of the molecule is CN1C(=O)CC[C@@]2(C)C1=CC[C@@H]1[C@@H]2CC[C@]2(C)C(c3cn[nH]n3)=CC[C@@H]12. The van der Waals surface area contributed by atoms with Crippen LogP contribution in [-0.4, -0.2) is 33.3 Å².